The van der Waals surface area contributed by atoms with Crippen molar-refractivity contribution in [3.8, 4) is 0 Å². The Morgan fingerprint density at radius 2 is 1.88 bits per heavy atom. The summed E-state index contributed by atoms with van der Waals surface area (Å²) >= 11 is 0. The van der Waals surface area contributed by atoms with Gasteiger partial charge in [0.1, 0.15) is 6.10 Å². The summed E-state index contributed by atoms with van der Waals surface area (Å²) in [5.74, 6) is 2.02. The third-order valence-electron chi connectivity index (χ3n) is 4.84. The lowest BCUT2D eigenvalue weighted by atomic mass is 10.0. The second kappa shape index (κ2) is 3.70. The molecule has 5 nitrogen and oxygen atoms in total. The van der Waals surface area contributed by atoms with E-state index in [1.54, 1.807) is 0 Å². The summed E-state index contributed by atoms with van der Waals surface area (Å²) < 4.78 is 0. The summed E-state index contributed by atoms with van der Waals surface area (Å²) in [6, 6.07) is 0. The van der Waals surface area contributed by atoms with Crippen molar-refractivity contribution in [1.82, 2.24) is 5.32 Å². The van der Waals surface area contributed by atoms with Crippen LogP contribution in [0.4, 0.5) is 0 Å². The Labute approximate surface area is 99.7 Å². The average molecular weight is 238 g/mol. The van der Waals surface area contributed by atoms with Gasteiger partial charge < -0.3 is 16.2 Å². The van der Waals surface area contributed by atoms with Gasteiger partial charge in [-0.15, -0.1) is 0 Å². The molecule has 0 spiro atoms. The van der Waals surface area contributed by atoms with Gasteiger partial charge in [0.15, 0.2) is 0 Å². The molecule has 2 amide bonds. The SMILES string of the molecule is NC(=O)C(O)CNC(=O)C1C2C3CCC(C3)C12. The van der Waals surface area contributed by atoms with Gasteiger partial charge in [0, 0.05) is 5.92 Å². The second-order valence-electron chi connectivity index (χ2n) is 5.68. The van der Waals surface area contributed by atoms with Gasteiger partial charge in [-0.05, 0) is 42.9 Å². The molecule has 0 aromatic rings. The number of carbonyl (C=O) groups is 2. The first kappa shape index (κ1) is 11.0. The van der Waals surface area contributed by atoms with E-state index in [1.165, 1.54) is 19.3 Å². The van der Waals surface area contributed by atoms with Crippen LogP contribution in [0.1, 0.15) is 19.3 Å². The first-order valence-electron chi connectivity index (χ1n) is 6.34. The Hall–Kier alpha value is -1.10. The number of nitrogens with two attached hydrogens (primary N) is 1. The van der Waals surface area contributed by atoms with Crippen LogP contribution < -0.4 is 11.1 Å². The number of primary amides is 1. The quantitative estimate of drug-likeness (QED) is 0.601. The highest BCUT2D eigenvalue weighted by Crippen LogP contribution is 2.69. The van der Waals surface area contributed by atoms with E-state index in [1.807, 2.05) is 0 Å². The van der Waals surface area contributed by atoms with Crippen LogP contribution >= 0.6 is 0 Å². The molecule has 94 valence electrons. The van der Waals surface area contributed by atoms with Gasteiger partial charge in [-0.1, -0.05) is 0 Å². The molecule has 4 N–H and O–H groups in total. The van der Waals surface area contributed by atoms with E-state index < -0.39 is 12.0 Å². The smallest absolute Gasteiger partial charge is 0.248 e. The van der Waals surface area contributed by atoms with Crippen LogP contribution in [0.2, 0.25) is 0 Å². The molecule has 0 aliphatic heterocycles. The maximum Gasteiger partial charge on any atom is 0.248 e. The topological polar surface area (TPSA) is 92.4 Å². The van der Waals surface area contributed by atoms with Gasteiger partial charge in [0.05, 0.1) is 6.54 Å². The van der Waals surface area contributed by atoms with Crippen molar-refractivity contribution in [2.75, 3.05) is 6.54 Å². The van der Waals surface area contributed by atoms with Gasteiger partial charge in [0.2, 0.25) is 11.8 Å². The van der Waals surface area contributed by atoms with Crippen molar-refractivity contribution in [3.63, 3.8) is 0 Å². The summed E-state index contributed by atoms with van der Waals surface area (Å²) in [5.41, 5.74) is 4.92. The van der Waals surface area contributed by atoms with Gasteiger partial charge in [0.25, 0.3) is 0 Å². The van der Waals surface area contributed by atoms with Crippen LogP contribution in [0.15, 0.2) is 0 Å². The Balaban J connectivity index is 1.51. The highest BCUT2D eigenvalue weighted by Gasteiger charge is 2.67. The first-order chi connectivity index (χ1) is 8.09. The minimum atomic E-state index is -1.27. The number of aliphatic hydroxyl groups excluding tert-OH is 1. The zero-order valence-electron chi connectivity index (χ0n) is 9.63. The van der Waals surface area contributed by atoms with Crippen LogP contribution in [-0.4, -0.2) is 29.6 Å². The second-order valence-corrected chi connectivity index (χ2v) is 5.68. The molecule has 3 rings (SSSR count). The molecule has 17 heavy (non-hydrogen) atoms. The molecule has 5 unspecified atom stereocenters. The molecule has 3 aliphatic rings. The fraction of sp³-hybridized carbons (Fsp3) is 0.833. The van der Waals surface area contributed by atoms with Crippen LogP contribution in [0.25, 0.3) is 0 Å². The van der Waals surface area contributed by atoms with Crippen molar-refractivity contribution in [1.29, 1.82) is 0 Å². The molecule has 2 bridgehead atoms. The lowest BCUT2D eigenvalue weighted by molar-refractivity contribution is -0.127. The molecule has 5 atom stereocenters. The Bertz CT molecular complexity index is 355. The molecule has 5 heteroatoms. The number of amides is 2. The number of carbonyl (C=O) groups excluding carboxylic acids is 2. The van der Waals surface area contributed by atoms with Gasteiger partial charge in [-0.3, -0.25) is 9.59 Å². The van der Waals surface area contributed by atoms with Gasteiger partial charge >= 0.3 is 0 Å². The van der Waals surface area contributed by atoms with Crippen molar-refractivity contribution < 1.29 is 14.7 Å². The summed E-state index contributed by atoms with van der Waals surface area (Å²) in [5, 5.41) is 11.8. The monoisotopic (exact) mass is 238 g/mol. The van der Waals surface area contributed by atoms with Gasteiger partial charge in [-0.25, -0.2) is 0 Å². The van der Waals surface area contributed by atoms with Crippen LogP contribution in [-0.2, 0) is 9.59 Å². The molecule has 0 aromatic carbocycles. The molecular weight excluding hydrogens is 220 g/mol. The van der Waals surface area contributed by atoms with E-state index >= 15 is 0 Å². The number of hydrogen-bond acceptors (Lipinski definition) is 3. The lowest BCUT2D eigenvalue weighted by Gasteiger charge is -2.11. The standard InChI is InChI=1S/C12H18N2O3/c13-11(16)7(15)4-14-12(17)10-8-5-1-2-6(3-5)9(8)10/h5-10,15H,1-4H2,(H2,13,16)(H,14,17). The Morgan fingerprint density at radius 3 is 2.41 bits per heavy atom. The van der Waals surface area contributed by atoms with Crippen molar-refractivity contribution >= 4 is 11.8 Å². The molecule has 0 saturated heterocycles. The van der Waals surface area contributed by atoms with Crippen LogP contribution in [0.5, 0.6) is 0 Å². The predicted molar refractivity (Wildman–Crippen MR) is 59.5 cm³/mol. The first-order valence-corrected chi connectivity index (χ1v) is 6.34. The zero-order valence-corrected chi connectivity index (χ0v) is 9.63. The normalized spacial score (nSPS) is 43.0. The number of hydrogen-bond donors (Lipinski definition) is 3. The van der Waals surface area contributed by atoms with Crippen molar-refractivity contribution in [3.05, 3.63) is 0 Å². The predicted octanol–water partition coefficient (Wildman–Crippen LogP) is -0.759. The number of fused-ring (bicyclic) bond motifs is 5. The molecule has 3 saturated carbocycles. The fourth-order valence-electron chi connectivity index (χ4n) is 4.09. The summed E-state index contributed by atoms with van der Waals surface area (Å²) in [7, 11) is 0. The third kappa shape index (κ3) is 1.64. The van der Waals surface area contributed by atoms with E-state index in [-0.39, 0.29) is 18.4 Å². The fourth-order valence-corrected chi connectivity index (χ4v) is 4.09. The number of rotatable bonds is 4. The molecule has 3 aliphatic carbocycles. The largest absolute Gasteiger partial charge is 0.381 e. The van der Waals surface area contributed by atoms with E-state index in [0.717, 1.165) is 11.8 Å². The highest BCUT2D eigenvalue weighted by molar-refractivity contribution is 5.84. The molecule has 0 radical (unpaired) electrons. The van der Waals surface area contributed by atoms with E-state index in [0.29, 0.717) is 11.8 Å². The Morgan fingerprint density at radius 1 is 1.29 bits per heavy atom. The van der Waals surface area contributed by atoms with Gasteiger partial charge in [-0.2, -0.15) is 0 Å². The van der Waals surface area contributed by atoms with E-state index in [2.05, 4.69) is 5.32 Å². The molecule has 0 aromatic heterocycles. The van der Waals surface area contributed by atoms with Crippen molar-refractivity contribution in [2.45, 2.75) is 25.4 Å². The molecule has 0 heterocycles. The molecular formula is C12H18N2O3. The van der Waals surface area contributed by atoms with Crippen molar-refractivity contribution in [2.24, 2.45) is 35.3 Å². The Kier molecular flexibility index (Phi) is 2.40. The lowest BCUT2D eigenvalue weighted by Crippen LogP contribution is -2.41. The summed E-state index contributed by atoms with van der Waals surface area (Å²) in [6.45, 7) is -0.0561. The third-order valence-corrected chi connectivity index (χ3v) is 4.84. The number of aliphatic hydroxyl groups is 1. The van der Waals surface area contributed by atoms with E-state index in [9.17, 15) is 14.7 Å². The maximum absolute atomic E-state index is 11.9. The average Bonchev–Trinajstić information content (AvgIpc) is 2.74. The van der Waals surface area contributed by atoms with Crippen LogP contribution in [0.3, 0.4) is 0 Å². The minimum absolute atomic E-state index is 0.00287. The van der Waals surface area contributed by atoms with Crippen LogP contribution in [0, 0.1) is 29.6 Å². The molecule has 3 fully saturated rings. The highest BCUT2D eigenvalue weighted by atomic mass is 16.3. The van der Waals surface area contributed by atoms with E-state index in [4.69, 9.17) is 5.73 Å². The zero-order chi connectivity index (χ0) is 12.2. The maximum atomic E-state index is 11.9. The summed E-state index contributed by atoms with van der Waals surface area (Å²) in [6.07, 6.45) is 2.59. The summed E-state index contributed by atoms with van der Waals surface area (Å²) in [4.78, 5) is 22.5. The minimum Gasteiger partial charge on any atom is -0.381 e. The number of nitrogens with one attached hydrogen (secondary N) is 1.